The molecule has 9 aromatic carbocycles. The lowest BCUT2D eigenvalue weighted by Crippen LogP contribution is -2.09. The molecule has 0 atom stereocenters. The molecule has 11 rings (SSSR count). The van der Waals surface area contributed by atoms with Crippen LogP contribution in [-0.2, 0) is 0 Å². The van der Waals surface area contributed by atoms with Gasteiger partial charge in [0.15, 0.2) is 0 Å². The van der Waals surface area contributed by atoms with Gasteiger partial charge in [-0.25, -0.2) is 0 Å². The van der Waals surface area contributed by atoms with Crippen LogP contribution in [0.1, 0.15) is 0 Å². The van der Waals surface area contributed by atoms with Crippen LogP contribution in [0, 0.1) is 0 Å². The van der Waals surface area contributed by atoms with Crippen molar-refractivity contribution in [2.24, 2.45) is 0 Å². The topological polar surface area (TPSA) is 3.24 Å². The predicted molar refractivity (Wildman–Crippen MR) is 249 cm³/mol. The molecule has 57 heavy (non-hydrogen) atoms. The van der Waals surface area contributed by atoms with Gasteiger partial charge in [-0.1, -0.05) is 140 Å². The van der Waals surface area contributed by atoms with Gasteiger partial charge in [0, 0.05) is 57.4 Å². The largest absolute Gasteiger partial charge is 0.311 e. The molecule has 0 bridgehead atoms. The maximum absolute atomic E-state index is 2.43. The van der Waals surface area contributed by atoms with E-state index in [1.807, 2.05) is 22.7 Å². The number of rotatable bonds is 7. The minimum Gasteiger partial charge on any atom is -0.311 e. The third-order valence-electron chi connectivity index (χ3n) is 11.1. The van der Waals surface area contributed by atoms with Gasteiger partial charge in [-0.3, -0.25) is 0 Å². The van der Waals surface area contributed by atoms with Gasteiger partial charge >= 0.3 is 0 Å². The maximum atomic E-state index is 2.43. The summed E-state index contributed by atoms with van der Waals surface area (Å²) in [5.74, 6) is 0. The molecule has 0 N–H and O–H groups in total. The summed E-state index contributed by atoms with van der Waals surface area (Å²) in [6, 6.07) is 77.6. The molecule has 0 aliphatic carbocycles. The molecule has 1 nitrogen and oxygen atoms in total. The van der Waals surface area contributed by atoms with Crippen molar-refractivity contribution in [3.63, 3.8) is 0 Å². The average Bonchev–Trinajstić information content (AvgIpc) is 3.85. The lowest BCUT2D eigenvalue weighted by molar-refractivity contribution is 1.28. The van der Waals surface area contributed by atoms with E-state index in [0.717, 1.165) is 17.1 Å². The van der Waals surface area contributed by atoms with Crippen molar-refractivity contribution in [1.82, 2.24) is 0 Å². The molecule has 0 spiro atoms. The van der Waals surface area contributed by atoms with Crippen molar-refractivity contribution < 1.29 is 0 Å². The molecule has 11 aromatic rings. The van der Waals surface area contributed by atoms with E-state index in [0.29, 0.717) is 0 Å². The molecule has 0 aliphatic heterocycles. The highest BCUT2D eigenvalue weighted by Crippen LogP contribution is 2.45. The first-order valence-corrected chi connectivity index (χ1v) is 21.0. The minimum atomic E-state index is 1.11. The smallest absolute Gasteiger partial charge is 0.0462 e. The Hall–Kier alpha value is -6.78. The molecular weight excluding hydrogens is 727 g/mol. The van der Waals surface area contributed by atoms with Crippen LogP contribution in [0.2, 0.25) is 0 Å². The number of para-hydroxylation sites is 1. The van der Waals surface area contributed by atoms with E-state index >= 15 is 0 Å². The van der Waals surface area contributed by atoms with Gasteiger partial charge < -0.3 is 4.90 Å². The molecule has 2 heterocycles. The van der Waals surface area contributed by atoms with Crippen molar-refractivity contribution in [2.45, 2.75) is 0 Å². The highest BCUT2D eigenvalue weighted by Gasteiger charge is 2.17. The third kappa shape index (κ3) is 6.09. The highest BCUT2D eigenvalue weighted by molar-refractivity contribution is 7.26. The summed E-state index contributed by atoms with van der Waals surface area (Å²) in [6.07, 6.45) is 0. The molecule has 268 valence electrons. The zero-order valence-electron chi connectivity index (χ0n) is 31.0. The Bertz CT molecular complexity index is 3200. The Morgan fingerprint density at radius 2 is 0.649 bits per heavy atom. The summed E-state index contributed by atoms with van der Waals surface area (Å²) in [4.78, 5) is 2.35. The predicted octanol–water partition coefficient (Wildman–Crippen LogP) is 16.6. The Labute approximate surface area is 340 Å². The molecule has 0 radical (unpaired) electrons. The van der Waals surface area contributed by atoms with Crippen LogP contribution in [0.3, 0.4) is 0 Å². The van der Waals surface area contributed by atoms with Crippen LogP contribution in [-0.4, -0.2) is 0 Å². The van der Waals surface area contributed by atoms with Crippen LogP contribution in [0.4, 0.5) is 17.1 Å². The molecule has 3 heteroatoms. The number of hydrogen-bond donors (Lipinski definition) is 0. The SMILES string of the molecule is c1ccc(-c2ccc(-c3ccc(N(c4ccccc4)c4ccc(-c5cc6sc7ccccc7c6cc5-c5ccc6sc7ccccc7c6c5)cc4)cc3)cc2)cc1. The van der Waals surface area contributed by atoms with E-state index in [1.165, 1.54) is 84.9 Å². The zero-order valence-corrected chi connectivity index (χ0v) is 32.6. The second-order valence-electron chi connectivity index (χ2n) is 14.5. The lowest BCUT2D eigenvalue weighted by Gasteiger charge is -2.26. The molecule has 0 unspecified atom stereocenters. The second-order valence-corrected chi connectivity index (χ2v) is 16.7. The van der Waals surface area contributed by atoms with E-state index in [1.54, 1.807) is 0 Å². The number of fused-ring (bicyclic) bond motifs is 6. The molecule has 2 aromatic heterocycles. The normalized spacial score (nSPS) is 11.5. The van der Waals surface area contributed by atoms with Gasteiger partial charge in [0.2, 0.25) is 0 Å². The van der Waals surface area contributed by atoms with Crippen LogP contribution in [0.5, 0.6) is 0 Å². The lowest BCUT2D eigenvalue weighted by atomic mass is 9.92. The Morgan fingerprint density at radius 3 is 1.26 bits per heavy atom. The van der Waals surface area contributed by atoms with E-state index < -0.39 is 0 Å². The Kier molecular flexibility index (Phi) is 8.28. The minimum absolute atomic E-state index is 1.11. The molecular formula is C54H35NS2. The summed E-state index contributed by atoms with van der Waals surface area (Å²) >= 11 is 3.74. The van der Waals surface area contributed by atoms with Crippen LogP contribution >= 0.6 is 22.7 Å². The molecule has 0 amide bonds. The first-order chi connectivity index (χ1) is 28.2. The molecule has 0 aliphatic rings. The van der Waals surface area contributed by atoms with Gasteiger partial charge in [0.1, 0.15) is 0 Å². The zero-order chi connectivity index (χ0) is 37.7. The summed E-state index contributed by atoms with van der Waals surface area (Å²) in [6.45, 7) is 0. The molecule has 0 fully saturated rings. The molecule has 0 saturated carbocycles. The van der Waals surface area contributed by atoms with Crippen LogP contribution in [0.25, 0.3) is 84.9 Å². The van der Waals surface area contributed by atoms with Gasteiger partial charge in [0.05, 0.1) is 0 Å². The summed E-state index contributed by atoms with van der Waals surface area (Å²) < 4.78 is 5.28. The number of anilines is 3. The van der Waals surface area contributed by atoms with E-state index in [9.17, 15) is 0 Å². The van der Waals surface area contributed by atoms with Crippen LogP contribution in [0.15, 0.2) is 212 Å². The molecule has 0 saturated heterocycles. The average molecular weight is 762 g/mol. The van der Waals surface area contributed by atoms with Crippen LogP contribution < -0.4 is 4.90 Å². The van der Waals surface area contributed by atoms with Crippen molar-refractivity contribution in [1.29, 1.82) is 0 Å². The van der Waals surface area contributed by atoms with Crippen molar-refractivity contribution in [2.75, 3.05) is 4.90 Å². The quantitative estimate of drug-likeness (QED) is 0.156. The first-order valence-electron chi connectivity index (χ1n) is 19.3. The number of nitrogens with zero attached hydrogens (tertiary/aromatic N) is 1. The monoisotopic (exact) mass is 761 g/mol. The van der Waals surface area contributed by atoms with Crippen molar-refractivity contribution in [3.05, 3.63) is 212 Å². The standard InChI is InChI=1S/C54H35NS2/c1-3-11-36(12-4-1)37-19-21-38(22-20-37)39-23-28-43(29-24-39)55(42-13-5-2-6-14-42)44-30-25-40(26-31-44)48-35-54-50(46-16-8-10-18-52(46)57-54)34-47(48)41-27-32-53-49(33-41)45-15-7-9-17-51(45)56-53/h1-35H. The number of benzene rings is 9. The van der Waals surface area contributed by atoms with E-state index in [2.05, 4.69) is 217 Å². The summed E-state index contributed by atoms with van der Waals surface area (Å²) in [5, 5.41) is 5.27. The Balaban J connectivity index is 0.988. The fraction of sp³-hybridized carbons (Fsp3) is 0. The highest BCUT2D eigenvalue weighted by atomic mass is 32.1. The van der Waals surface area contributed by atoms with Crippen molar-refractivity contribution >= 4 is 80.1 Å². The van der Waals surface area contributed by atoms with E-state index in [4.69, 9.17) is 0 Å². The summed E-state index contributed by atoms with van der Waals surface area (Å²) in [7, 11) is 0. The Morgan fingerprint density at radius 1 is 0.246 bits per heavy atom. The van der Waals surface area contributed by atoms with E-state index in [-0.39, 0.29) is 0 Å². The van der Waals surface area contributed by atoms with Crippen molar-refractivity contribution in [3.8, 4) is 44.5 Å². The van der Waals surface area contributed by atoms with Gasteiger partial charge in [0.25, 0.3) is 0 Å². The first kappa shape index (κ1) is 33.5. The summed E-state index contributed by atoms with van der Waals surface area (Å²) in [5.41, 5.74) is 13.1. The van der Waals surface area contributed by atoms with Gasteiger partial charge in [-0.2, -0.15) is 0 Å². The fourth-order valence-corrected chi connectivity index (χ4v) is 10.5. The maximum Gasteiger partial charge on any atom is 0.0462 e. The number of hydrogen-bond acceptors (Lipinski definition) is 3. The second kappa shape index (κ2) is 14.1. The fourth-order valence-electron chi connectivity index (χ4n) is 8.25. The van der Waals surface area contributed by atoms with Gasteiger partial charge in [-0.15, -0.1) is 22.7 Å². The van der Waals surface area contributed by atoms with Gasteiger partial charge in [-0.05, 0) is 117 Å². The third-order valence-corrected chi connectivity index (χ3v) is 13.4. The number of thiophene rings is 2.